The highest BCUT2D eigenvalue weighted by molar-refractivity contribution is 7.89. The number of hydrogen-bond donors (Lipinski definition) is 0. The maximum Gasteiger partial charge on any atom is 0.243 e. The Hall–Kier alpha value is -1.70. The van der Waals surface area contributed by atoms with Gasteiger partial charge in [0.25, 0.3) is 0 Å². The number of ether oxygens (including phenoxy) is 1. The molecule has 7 heteroatoms. The van der Waals surface area contributed by atoms with E-state index in [-0.39, 0.29) is 6.04 Å². The zero-order valence-corrected chi connectivity index (χ0v) is 15.4. The van der Waals surface area contributed by atoms with E-state index in [1.807, 2.05) is 12.3 Å². The van der Waals surface area contributed by atoms with E-state index in [1.165, 1.54) is 0 Å². The maximum absolute atomic E-state index is 13.1. The van der Waals surface area contributed by atoms with Crippen molar-refractivity contribution in [2.24, 2.45) is 0 Å². The van der Waals surface area contributed by atoms with Crippen molar-refractivity contribution in [3.8, 4) is 5.69 Å². The van der Waals surface area contributed by atoms with Gasteiger partial charge in [0.15, 0.2) is 0 Å². The fourth-order valence-electron chi connectivity index (χ4n) is 3.37. The Morgan fingerprint density at radius 3 is 2.72 bits per heavy atom. The number of rotatable bonds is 7. The number of benzene rings is 1. The van der Waals surface area contributed by atoms with E-state index < -0.39 is 10.0 Å². The highest BCUT2D eigenvalue weighted by atomic mass is 32.2. The summed E-state index contributed by atoms with van der Waals surface area (Å²) in [5, 5.41) is 4.17. The highest BCUT2D eigenvalue weighted by Gasteiger charge is 2.33. The SMILES string of the molecule is COCCCC1CCCCN1S(=O)(=O)c1ccc(-n2cccn2)cc1. The first-order valence-electron chi connectivity index (χ1n) is 8.74. The summed E-state index contributed by atoms with van der Waals surface area (Å²) >= 11 is 0. The third kappa shape index (κ3) is 4.11. The molecule has 2 heterocycles. The molecule has 0 N–H and O–H groups in total. The smallest absolute Gasteiger partial charge is 0.243 e. The molecule has 1 atom stereocenters. The molecule has 0 spiro atoms. The normalized spacial score (nSPS) is 19.2. The summed E-state index contributed by atoms with van der Waals surface area (Å²) in [6.07, 6.45) is 8.19. The molecule has 1 unspecified atom stereocenters. The van der Waals surface area contributed by atoms with Crippen LogP contribution >= 0.6 is 0 Å². The molecule has 1 aliphatic heterocycles. The second-order valence-electron chi connectivity index (χ2n) is 6.34. The fraction of sp³-hybridized carbons (Fsp3) is 0.500. The molecule has 136 valence electrons. The summed E-state index contributed by atoms with van der Waals surface area (Å²) in [6.45, 7) is 1.27. The van der Waals surface area contributed by atoms with Crippen LogP contribution in [-0.2, 0) is 14.8 Å². The van der Waals surface area contributed by atoms with Crippen molar-refractivity contribution in [2.45, 2.75) is 43.0 Å². The second-order valence-corrected chi connectivity index (χ2v) is 8.24. The molecule has 25 heavy (non-hydrogen) atoms. The van der Waals surface area contributed by atoms with E-state index in [9.17, 15) is 8.42 Å². The first-order chi connectivity index (χ1) is 12.1. The van der Waals surface area contributed by atoms with E-state index in [2.05, 4.69) is 5.10 Å². The number of aromatic nitrogens is 2. The van der Waals surface area contributed by atoms with Crippen LogP contribution in [0.15, 0.2) is 47.6 Å². The number of sulfonamides is 1. The molecular weight excluding hydrogens is 338 g/mol. The van der Waals surface area contributed by atoms with Crippen molar-refractivity contribution in [3.05, 3.63) is 42.7 Å². The summed E-state index contributed by atoms with van der Waals surface area (Å²) < 4.78 is 34.7. The van der Waals surface area contributed by atoms with Crippen LogP contribution in [-0.4, -0.2) is 48.8 Å². The molecule has 3 rings (SSSR count). The maximum atomic E-state index is 13.1. The van der Waals surface area contributed by atoms with E-state index in [0.29, 0.717) is 18.0 Å². The molecular formula is C18H25N3O3S. The third-order valence-corrected chi connectivity index (χ3v) is 6.64. The van der Waals surface area contributed by atoms with Crippen molar-refractivity contribution in [1.29, 1.82) is 0 Å². The predicted molar refractivity (Wildman–Crippen MR) is 96.2 cm³/mol. The molecule has 0 amide bonds. The largest absolute Gasteiger partial charge is 0.385 e. The van der Waals surface area contributed by atoms with Gasteiger partial charge < -0.3 is 4.74 Å². The Labute approximate surface area is 149 Å². The molecule has 1 saturated heterocycles. The lowest BCUT2D eigenvalue weighted by Gasteiger charge is -2.34. The molecule has 0 bridgehead atoms. The lowest BCUT2D eigenvalue weighted by molar-refractivity contribution is 0.172. The average Bonchev–Trinajstić information content (AvgIpc) is 3.17. The van der Waals surface area contributed by atoms with E-state index in [1.54, 1.807) is 46.6 Å². The van der Waals surface area contributed by atoms with Crippen molar-refractivity contribution in [1.82, 2.24) is 14.1 Å². The van der Waals surface area contributed by atoms with Crippen molar-refractivity contribution < 1.29 is 13.2 Å². The second kappa shape index (κ2) is 8.12. The summed E-state index contributed by atoms with van der Waals surface area (Å²) in [5.74, 6) is 0. The van der Waals surface area contributed by atoms with Gasteiger partial charge in [-0.05, 0) is 56.0 Å². The van der Waals surface area contributed by atoms with Crippen LogP contribution in [0, 0.1) is 0 Å². The first-order valence-corrected chi connectivity index (χ1v) is 10.2. The van der Waals surface area contributed by atoms with Gasteiger partial charge in [-0.3, -0.25) is 0 Å². The van der Waals surface area contributed by atoms with Crippen LogP contribution in [0.2, 0.25) is 0 Å². The van der Waals surface area contributed by atoms with Gasteiger partial charge in [-0.25, -0.2) is 13.1 Å². The van der Waals surface area contributed by atoms with Gasteiger partial charge in [0.05, 0.1) is 10.6 Å². The highest BCUT2D eigenvalue weighted by Crippen LogP contribution is 2.28. The Kier molecular flexibility index (Phi) is 5.88. The van der Waals surface area contributed by atoms with Crippen LogP contribution in [0.3, 0.4) is 0 Å². The van der Waals surface area contributed by atoms with Crippen LogP contribution in [0.5, 0.6) is 0 Å². The van der Waals surface area contributed by atoms with Gasteiger partial charge in [-0.1, -0.05) is 6.42 Å². The number of nitrogens with zero attached hydrogens (tertiary/aromatic N) is 3. The lowest BCUT2D eigenvalue weighted by atomic mass is 10.0. The van der Waals surface area contributed by atoms with Crippen LogP contribution in [0.4, 0.5) is 0 Å². The summed E-state index contributed by atoms with van der Waals surface area (Å²) in [4.78, 5) is 0.349. The minimum absolute atomic E-state index is 0.0692. The van der Waals surface area contributed by atoms with Crippen molar-refractivity contribution in [2.75, 3.05) is 20.3 Å². The Balaban J connectivity index is 1.79. The number of piperidine rings is 1. The van der Waals surface area contributed by atoms with Gasteiger partial charge in [-0.2, -0.15) is 9.40 Å². The molecule has 2 aromatic rings. The summed E-state index contributed by atoms with van der Waals surface area (Å²) in [5.41, 5.74) is 0.847. The molecule has 0 aliphatic carbocycles. The zero-order chi connectivity index (χ0) is 17.7. The minimum Gasteiger partial charge on any atom is -0.385 e. The monoisotopic (exact) mass is 363 g/mol. The Bertz CT molecular complexity index is 757. The van der Waals surface area contributed by atoms with E-state index in [4.69, 9.17) is 4.74 Å². The molecule has 1 fully saturated rings. The zero-order valence-electron chi connectivity index (χ0n) is 14.5. The van der Waals surface area contributed by atoms with Gasteiger partial charge in [0.2, 0.25) is 10.0 Å². The molecule has 6 nitrogen and oxygen atoms in total. The van der Waals surface area contributed by atoms with Gasteiger partial charge >= 0.3 is 0 Å². The van der Waals surface area contributed by atoms with Gasteiger partial charge in [0, 0.05) is 38.7 Å². The average molecular weight is 363 g/mol. The van der Waals surface area contributed by atoms with Crippen LogP contribution < -0.4 is 0 Å². The minimum atomic E-state index is -3.47. The molecule has 0 saturated carbocycles. The Morgan fingerprint density at radius 1 is 1.24 bits per heavy atom. The Morgan fingerprint density at radius 2 is 2.04 bits per heavy atom. The molecule has 0 radical (unpaired) electrons. The third-order valence-electron chi connectivity index (χ3n) is 4.67. The van der Waals surface area contributed by atoms with Crippen molar-refractivity contribution in [3.63, 3.8) is 0 Å². The standard InChI is InChI=1S/C18H25N3O3S/c1-24-15-4-7-17-6-2-3-14-21(17)25(22,23)18-10-8-16(9-11-18)20-13-5-12-19-20/h5,8-13,17H,2-4,6-7,14-15H2,1H3. The van der Waals surface area contributed by atoms with Gasteiger partial charge in [-0.15, -0.1) is 0 Å². The first kappa shape index (κ1) is 18.1. The van der Waals surface area contributed by atoms with Crippen LogP contribution in [0.25, 0.3) is 5.69 Å². The number of methoxy groups -OCH3 is 1. The van der Waals surface area contributed by atoms with E-state index in [0.717, 1.165) is 37.8 Å². The summed E-state index contributed by atoms with van der Waals surface area (Å²) in [6, 6.07) is 8.84. The number of hydrogen-bond acceptors (Lipinski definition) is 4. The van der Waals surface area contributed by atoms with Crippen molar-refractivity contribution >= 4 is 10.0 Å². The summed E-state index contributed by atoms with van der Waals surface area (Å²) in [7, 11) is -1.79. The predicted octanol–water partition coefficient (Wildman–Crippen LogP) is 2.84. The topological polar surface area (TPSA) is 64.4 Å². The van der Waals surface area contributed by atoms with E-state index >= 15 is 0 Å². The molecule has 1 aromatic carbocycles. The fourth-order valence-corrected chi connectivity index (χ4v) is 5.09. The van der Waals surface area contributed by atoms with Gasteiger partial charge in [0.1, 0.15) is 0 Å². The lowest BCUT2D eigenvalue weighted by Crippen LogP contribution is -2.43. The van der Waals surface area contributed by atoms with Crippen LogP contribution in [0.1, 0.15) is 32.1 Å². The molecule has 1 aromatic heterocycles. The molecule has 1 aliphatic rings. The quantitative estimate of drug-likeness (QED) is 0.710.